The van der Waals surface area contributed by atoms with Crippen LogP contribution >= 0.6 is 0 Å². The second kappa shape index (κ2) is 5.85. The highest BCUT2D eigenvalue weighted by atomic mass is 16.7. The van der Waals surface area contributed by atoms with Crippen LogP contribution in [0.4, 0.5) is 0 Å². The molecule has 0 amide bonds. The highest BCUT2D eigenvalue weighted by Gasteiger charge is 2.40. The first-order chi connectivity index (χ1) is 8.33. The SMILES string of the molecule is C=CC(=O)OCC1(CC)COC(C(C)(C)C)OC1. The monoisotopic (exact) mass is 256 g/mol. The fourth-order valence-electron chi connectivity index (χ4n) is 1.77. The third-order valence-electron chi connectivity index (χ3n) is 3.23. The lowest BCUT2D eigenvalue weighted by Gasteiger charge is -2.42. The van der Waals surface area contributed by atoms with E-state index in [-0.39, 0.29) is 17.1 Å². The van der Waals surface area contributed by atoms with Gasteiger partial charge in [0.1, 0.15) is 6.61 Å². The second-order valence-corrected chi connectivity index (χ2v) is 5.99. The summed E-state index contributed by atoms with van der Waals surface area (Å²) in [6, 6.07) is 0. The van der Waals surface area contributed by atoms with Crippen molar-refractivity contribution < 1.29 is 19.0 Å². The number of carbonyl (C=O) groups is 1. The average Bonchev–Trinajstić information content (AvgIpc) is 2.35. The van der Waals surface area contributed by atoms with Crippen LogP contribution < -0.4 is 0 Å². The second-order valence-electron chi connectivity index (χ2n) is 5.99. The molecule has 4 heteroatoms. The van der Waals surface area contributed by atoms with Crippen molar-refractivity contribution in [3.63, 3.8) is 0 Å². The molecule has 0 aromatic rings. The van der Waals surface area contributed by atoms with Crippen LogP contribution in [0.3, 0.4) is 0 Å². The van der Waals surface area contributed by atoms with Crippen molar-refractivity contribution in [1.29, 1.82) is 0 Å². The Morgan fingerprint density at radius 2 is 2.00 bits per heavy atom. The standard InChI is InChI=1S/C14H24O4/c1-6-11(15)16-8-14(7-2)9-17-12(18-10-14)13(3,4)5/h6,12H,1,7-10H2,2-5H3. The van der Waals surface area contributed by atoms with Gasteiger partial charge in [0.25, 0.3) is 0 Å². The lowest BCUT2D eigenvalue weighted by molar-refractivity contribution is -0.272. The third-order valence-corrected chi connectivity index (χ3v) is 3.23. The average molecular weight is 256 g/mol. The first kappa shape index (κ1) is 15.2. The van der Waals surface area contributed by atoms with E-state index >= 15 is 0 Å². The zero-order valence-corrected chi connectivity index (χ0v) is 11.8. The molecule has 0 aromatic heterocycles. The van der Waals surface area contributed by atoms with Crippen molar-refractivity contribution in [1.82, 2.24) is 0 Å². The number of rotatable bonds is 4. The van der Waals surface area contributed by atoms with Crippen molar-refractivity contribution in [3.05, 3.63) is 12.7 Å². The van der Waals surface area contributed by atoms with Crippen LogP contribution in [0, 0.1) is 10.8 Å². The van der Waals surface area contributed by atoms with Gasteiger partial charge in [-0.05, 0) is 6.42 Å². The first-order valence-corrected chi connectivity index (χ1v) is 6.35. The van der Waals surface area contributed by atoms with Gasteiger partial charge >= 0.3 is 5.97 Å². The molecule has 0 aliphatic carbocycles. The molecule has 104 valence electrons. The molecular weight excluding hydrogens is 232 g/mol. The molecule has 0 atom stereocenters. The molecule has 1 aliphatic heterocycles. The number of esters is 1. The molecule has 0 aromatic carbocycles. The van der Waals surface area contributed by atoms with Gasteiger partial charge in [-0.3, -0.25) is 0 Å². The molecule has 18 heavy (non-hydrogen) atoms. The Bertz CT molecular complexity index is 295. The zero-order chi connectivity index (χ0) is 13.8. The number of hydrogen-bond acceptors (Lipinski definition) is 4. The Morgan fingerprint density at radius 1 is 1.44 bits per heavy atom. The lowest BCUT2D eigenvalue weighted by atomic mass is 9.86. The molecule has 1 saturated heterocycles. The van der Waals surface area contributed by atoms with E-state index in [0.29, 0.717) is 19.8 Å². The minimum atomic E-state index is -0.402. The predicted molar refractivity (Wildman–Crippen MR) is 69.0 cm³/mol. The van der Waals surface area contributed by atoms with Gasteiger partial charge in [0.15, 0.2) is 6.29 Å². The van der Waals surface area contributed by atoms with Crippen molar-refractivity contribution in [2.45, 2.75) is 40.4 Å². The topological polar surface area (TPSA) is 44.8 Å². The Kier molecular flexibility index (Phi) is 4.93. The van der Waals surface area contributed by atoms with Crippen LogP contribution in [-0.2, 0) is 19.0 Å². The van der Waals surface area contributed by atoms with Crippen LogP contribution in [0.15, 0.2) is 12.7 Å². The maximum Gasteiger partial charge on any atom is 0.330 e. The number of ether oxygens (including phenoxy) is 3. The van der Waals surface area contributed by atoms with Gasteiger partial charge in [-0.1, -0.05) is 34.3 Å². The Labute approximate surface area is 109 Å². The molecule has 1 fully saturated rings. The third kappa shape index (κ3) is 3.82. The minimum absolute atomic E-state index is 0.0440. The molecule has 1 aliphatic rings. The molecule has 1 rings (SSSR count). The molecular formula is C14H24O4. The Balaban J connectivity index is 2.54. The van der Waals surface area contributed by atoms with E-state index in [4.69, 9.17) is 14.2 Å². The molecule has 0 radical (unpaired) electrons. The molecule has 1 heterocycles. The first-order valence-electron chi connectivity index (χ1n) is 6.35. The summed E-state index contributed by atoms with van der Waals surface area (Å²) in [5, 5.41) is 0. The molecule has 4 nitrogen and oxygen atoms in total. The van der Waals surface area contributed by atoms with Crippen LogP contribution in [-0.4, -0.2) is 32.1 Å². The molecule has 0 bridgehead atoms. The summed E-state index contributed by atoms with van der Waals surface area (Å²) in [5.74, 6) is -0.402. The van der Waals surface area contributed by atoms with E-state index in [1.807, 2.05) is 6.92 Å². The zero-order valence-electron chi connectivity index (χ0n) is 11.8. The van der Waals surface area contributed by atoms with E-state index < -0.39 is 5.97 Å². The largest absolute Gasteiger partial charge is 0.462 e. The van der Waals surface area contributed by atoms with Gasteiger partial charge in [0.2, 0.25) is 0 Å². The van der Waals surface area contributed by atoms with Gasteiger partial charge in [-0.15, -0.1) is 0 Å². The molecule has 0 N–H and O–H groups in total. The number of carbonyl (C=O) groups excluding carboxylic acids is 1. The van der Waals surface area contributed by atoms with Crippen LogP contribution in [0.2, 0.25) is 0 Å². The highest BCUT2D eigenvalue weighted by molar-refractivity contribution is 5.81. The van der Waals surface area contributed by atoms with Crippen LogP contribution in [0.25, 0.3) is 0 Å². The lowest BCUT2D eigenvalue weighted by Crippen LogP contribution is -2.48. The maximum absolute atomic E-state index is 11.1. The minimum Gasteiger partial charge on any atom is -0.462 e. The highest BCUT2D eigenvalue weighted by Crippen LogP contribution is 2.34. The Hall–Kier alpha value is -0.870. The van der Waals surface area contributed by atoms with Gasteiger partial charge in [-0.2, -0.15) is 0 Å². The van der Waals surface area contributed by atoms with Gasteiger partial charge < -0.3 is 14.2 Å². The van der Waals surface area contributed by atoms with E-state index in [2.05, 4.69) is 27.4 Å². The quantitative estimate of drug-likeness (QED) is 0.573. The number of hydrogen-bond donors (Lipinski definition) is 0. The smallest absolute Gasteiger partial charge is 0.330 e. The fraction of sp³-hybridized carbons (Fsp3) is 0.786. The van der Waals surface area contributed by atoms with Crippen molar-refractivity contribution >= 4 is 5.97 Å². The van der Waals surface area contributed by atoms with E-state index in [0.717, 1.165) is 6.42 Å². The summed E-state index contributed by atoms with van der Waals surface area (Å²) in [7, 11) is 0. The normalized spacial score (nSPS) is 28.8. The van der Waals surface area contributed by atoms with E-state index in [1.54, 1.807) is 0 Å². The van der Waals surface area contributed by atoms with Crippen molar-refractivity contribution in [2.75, 3.05) is 19.8 Å². The molecule has 0 spiro atoms. The van der Waals surface area contributed by atoms with Crippen LogP contribution in [0.5, 0.6) is 0 Å². The summed E-state index contributed by atoms with van der Waals surface area (Å²) in [6.07, 6.45) is 1.81. The van der Waals surface area contributed by atoms with Crippen molar-refractivity contribution in [2.24, 2.45) is 10.8 Å². The summed E-state index contributed by atoms with van der Waals surface area (Å²) >= 11 is 0. The summed E-state index contributed by atoms with van der Waals surface area (Å²) in [5.41, 5.74) is -0.280. The van der Waals surface area contributed by atoms with Crippen LogP contribution in [0.1, 0.15) is 34.1 Å². The molecule has 0 saturated carbocycles. The summed E-state index contributed by atoms with van der Waals surface area (Å²) in [4.78, 5) is 11.1. The van der Waals surface area contributed by atoms with Crippen molar-refractivity contribution in [3.8, 4) is 0 Å². The van der Waals surface area contributed by atoms with Gasteiger partial charge in [0, 0.05) is 11.5 Å². The Morgan fingerprint density at radius 3 is 2.39 bits per heavy atom. The van der Waals surface area contributed by atoms with E-state index in [1.165, 1.54) is 6.08 Å². The van der Waals surface area contributed by atoms with Gasteiger partial charge in [0.05, 0.1) is 18.6 Å². The molecule has 0 unspecified atom stereocenters. The van der Waals surface area contributed by atoms with E-state index in [9.17, 15) is 4.79 Å². The fourth-order valence-corrected chi connectivity index (χ4v) is 1.77. The summed E-state index contributed by atoms with van der Waals surface area (Å²) < 4.78 is 16.7. The predicted octanol–water partition coefficient (Wildman–Crippen LogP) is 2.53. The van der Waals surface area contributed by atoms with Gasteiger partial charge in [-0.25, -0.2) is 4.79 Å². The maximum atomic E-state index is 11.1. The summed E-state index contributed by atoms with van der Waals surface area (Å²) in [6.45, 7) is 13.1.